The summed E-state index contributed by atoms with van der Waals surface area (Å²) in [4.78, 5) is 20.8. The van der Waals surface area contributed by atoms with E-state index in [0.717, 1.165) is 5.56 Å². The first-order chi connectivity index (χ1) is 15.1. The number of rotatable bonds is 4. The summed E-state index contributed by atoms with van der Waals surface area (Å²) in [5.41, 5.74) is 8.76. The standard InChI is InChI=1S/C22H26N8O2/c1-12(2)30-20-17(19(23)24-11-25-20)18(28-30)13-6-8-14(9-7-13)26-21(31)27-16-10-15(32-29-16)22(3,4)5/h6-12H,1-5H3,(H2,23,24,25)(H2,26,27,29,31). The van der Waals surface area contributed by atoms with Crippen molar-refractivity contribution >= 4 is 34.4 Å². The lowest BCUT2D eigenvalue weighted by molar-refractivity contribution is 0.262. The van der Waals surface area contributed by atoms with Gasteiger partial charge in [-0.05, 0) is 26.0 Å². The number of carbonyl (C=O) groups excluding carboxylic acids is 1. The molecule has 0 aliphatic heterocycles. The van der Waals surface area contributed by atoms with Gasteiger partial charge in [-0.15, -0.1) is 0 Å². The number of nitrogens with zero attached hydrogens (tertiary/aromatic N) is 5. The van der Waals surface area contributed by atoms with Crippen molar-refractivity contribution in [2.75, 3.05) is 16.4 Å². The van der Waals surface area contributed by atoms with Gasteiger partial charge in [0.25, 0.3) is 0 Å². The third-order valence-corrected chi connectivity index (χ3v) is 4.91. The number of fused-ring (bicyclic) bond motifs is 1. The van der Waals surface area contributed by atoms with E-state index in [-0.39, 0.29) is 11.5 Å². The first-order valence-corrected chi connectivity index (χ1v) is 10.3. The topological polar surface area (TPSA) is 137 Å². The Labute approximate surface area is 185 Å². The van der Waals surface area contributed by atoms with Crippen LogP contribution in [0.15, 0.2) is 41.2 Å². The van der Waals surface area contributed by atoms with Crippen LogP contribution in [0.1, 0.15) is 46.4 Å². The fraction of sp³-hybridized carbons (Fsp3) is 0.318. The summed E-state index contributed by atoms with van der Waals surface area (Å²) in [5.74, 6) is 1.42. The molecule has 32 heavy (non-hydrogen) atoms. The lowest BCUT2D eigenvalue weighted by Gasteiger charge is -2.12. The highest BCUT2D eigenvalue weighted by Crippen LogP contribution is 2.32. The Morgan fingerprint density at radius 2 is 1.84 bits per heavy atom. The number of carbonyl (C=O) groups is 1. The van der Waals surface area contributed by atoms with Gasteiger partial charge in [0.2, 0.25) is 0 Å². The third kappa shape index (κ3) is 4.11. The van der Waals surface area contributed by atoms with Crippen molar-refractivity contribution < 1.29 is 9.32 Å². The molecule has 10 nitrogen and oxygen atoms in total. The number of hydrogen-bond donors (Lipinski definition) is 3. The summed E-state index contributed by atoms with van der Waals surface area (Å²) in [6, 6.07) is 8.71. The lowest BCUT2D eigenvalue weighted by atomic mass is 9.93. The number of aromatic nitrogens is 5. The molecule has 0 atom stereocenters. The molecule has 0 bridgehead atoms. The molecule has 4 N–H and O–H groups in total. The summed E-state index contributed by atoms with van der Waals surface area (Å²) >= 11 is 0. The van der Waals surface area contributed by atoms with E-state index in [0.29, 0.717) is 39.8 Å². The second kappa shape index (κ2) is 7.95. The van der Waals surface area contributed by atoms with Gasteiger partial charge < -0.3 is 15.6 Å². The minimum absolute atomic E-state index is 0.112. The van der Waals surface area contributed by atoms with Crippen LogP contribution in [0.5, 0.6) is 0 Å². The Balaban J connectivity index is 1.53. The van der Waals surface area contributed by atoms with E-state index in [9.17, 15) is 4.79 Å². The Hall–Kier alpha value is -3.95. The van der Waals surface area contributed by atoms with E-state index in [4.69, 9.17) is 15.4 Å². The van der Waals surface area contributed by atoms with Crippen molar-refractivity contribution in [2.45, 2.75) is 46.1 Å². The van der Waals surface area contributed by atoms with Crippen LogP contribution in [0.25, 0.3) is 22.3 Å². The van der Waals surface area contributed by atoms with Gasteiger partial charge in [0.1, 0.15) is 23.6 Å². The lowest BCUT2D eigenvalue weighted by Crippen LogP contribution is -2.19. The van der Waals surface area contributed by atoms with Crippen molar-refractivity contribution in [3.05, 3.63) is 42.4 Å². The molecule has 3 aromatic heterocycles. The molecule has 4 rings (SSSR count). The maximum Gasteiger partial charge on any atom is 0.324 e. The van der Waals surface area contributed by atoms with Crippen molar-refractivity contribution in [1.82, 2.24) is 24.9 Å². The van der Waals surface area contributed by atoms with E-state index in [1.54, 1.807) is 18.2 Å². The van der Waals surface area contributed by atoms with Crippen molar-refractivity contribution in [2.24, 2.45) is 0 Å². The van der Waals surface area contributed by atoms with Crippen LogP contribution in [-0.4, -0.2) is 30.9 Å². The van der Waals surface area contributed by atoms with Gasteiger partial charge in [-0.25, -0.2) is 19.4 Å². The zero-order valence-electron chi connectivity index (χ0n) is 18.7. The molecule has 0 aliphatic rings. The number of benzene rings is 1. The molecule has 2 amide bonds. The Morgan fingerprint density at radius 3 is 2.47 bits per heavy atom. The third-order valence-electron chi connectivity index (χ3n) is 4.91. The highest BCUT2D eigenvalue weighted by molar-refractivity contribution is 6.00. The van der Waals surface area contributed by atoms with Crippen LogP contribution in [0.3, 0.4) is 0 Å². The fourth-order valence-electron chi connectivity index (χ4n) is 3.24. The largest absolute Gasteiger partial charge is 0.383 e. The average molecular weight is 435 g/mol. The zero-order chi connectivity index (χ0) is 23.0. The van der Waals surface area contributed by atoms with E-state index in [1.165, 1.54) is 6.33 Å². The van der Waals surface area contributed by atoms with Gasteiger partial charge in [-0.1, -0.05) is 38.1 Å². The van der Waals surface area contributed by atoms with Crippen molar-refractivity contribution in [3.8, 4) is 11.3 Å². The quantitative estimate of drug-likeness (QED) is 0.427. The normalized spacial score (nSPS) is 11.8. The molecule has 3 heterocycles. The van der Waals surface area contributed by atoms with Gasteiger partial charge in [-0.3, -0.25) is 5.32 Å². The SMILES string of the molecule is CC(C)n1nc(-c2ccc(NC(=O)Nc3cc(C(C)(C)C)on3)cc2)c2c(N)ncnc21. The van der Waals surface area contributed by atoms with Crippen LogP contribution in [0, 0.1) is 0 Å². The summed E-state index contributed by atoms with van der Waals surface area (Å²) in [6.07, 6.45) is 1.44. The average Bonchev–Trinajstić information content (AvgIpc) is 3.34. The predicted molar refractivity (Wildman–Crippen MR) is 123 cm³/mol. The van der Waals surface area contributed by atoms with Gasteiger partial charge >= 0.3 is 6.03 Å². The zero-order valence-corrected chi connectivity index (χ0v) is 18.7. The molecule has 1 aromatic carbocycles. The Morgan fingerprint density at radius 1 is 1.12 bits per heavy atom. The molecule has 0 spiro atoms. The predicted octanol–water partition coefficient (Wildman–Crippen LogP) is 4.59. The molecule has 0 unspecified atom stereocenters. The van der Waals surface area contributed by atoms with Crippen LogP contribution in [0.4, 0.5) is 22.1 Å². The van der Waals surface area contributed by atoms with Crippen LogP contribution < -0.4 is 16.4 Å². The second-order valence-corrected chi connectivity index (χ2v) is 8.83. The highest BCUT2D eigenvalue weighted by Gasteiger charge is 2.21. The number of amides is 2. The molecule has 166 valence electrons. The number of nitrogens with one attached hydrogen (secondary N) is 2. The van der Waals surface area contributed by atoms with Gasteiger partial charge in [-0.2, -0.15) is 5.10 Å². The molecule has 0 aliphatic carbocycles. The molecule has 0 saturated carbocycles. The molecule has 0 radical (unpaired) electrons. The minimum Gasteiger partial charge on any atom is -0.383 e. The first kappa shape index (κ1) is 21.3. The van der Waals surface area contributed by atoms with E-state index >= 15 is 0 Å². The summed E-state index contributed by atoms with van der Waals surface area (Å²) < 4.78 is 7.11. The minimum atomic E-state index is -0.418. The molecule has 4 aromatic rings. The van der Waals surface area contributed by atoms with Gasteiger partial charge in [0.05, 0.1) is 5.39 Å². The fourth-order valence-corrected chi connectivity index (χ4v) is 3.24. The number of nitrogen functional groups attached to an aromatic ring is 1. The first-order valence-electron chi connectivity index (χ1n) is 10.3. The summed E-state index contributed by atoms with van der Waals surface area (Å²) in [5, 5.41) is 14.8. The van der Waals surface area contributed by atoms with Crippen LogP contribution >= 0.6 is 0 Å². The van der Waals surface area contributed by atoms with Gasteiger partial charge in [0.15, 0.2) is 11.5 Å². The second-order valence-electron chi connectivity index (χ2n) is 8.83. The maximum atomic E-state index is 12.3. The van der Waals surface area contributed by atoms with Crippen LogP contribution in [0.2, 0.25) is 0 Å². The van der Waals surface area contributed by atoms with Crippen LogP contribution in [-0.2, 0) is 5.41 Å². The highest BCUT2D eigenvalue weighted by atomic mass is 16.5. The van der Waals surface area contributed by atoms with E-state index < -0.39 is 6.03 Å². The van der Waals surface area contributed by atoms with E-state index in [2.05, 4.69) is 25.8 Å². The molecular formula is C22H26N8O2. The maximum absolute atomic E-state index is 12.3. The number of urea groups is 1. The molecule has 0 saturated heterocycles. The molecule has 10 heteroatoms. The summed E-state index contributed by atoms with van der Waals surface area (Å²) in [6.45, 7) is 10.1. The number of hydrogen-bond acceptors (Lipinski definition) is 7. The van der Waals surface area contributed by atoms with E-state index in [1.807, 2.05) is 51.4 Å². The number of anilines is 3. The van der Waals surface area contributed by atoms with Gasteiger partial charge in [0, 0.05) is 28.8 Å². The summed E-state index contributed by atoms with van der Waals surface area (Å²) in [7, 11) is 0. The van der Waals surface area contributed by atoms with Crippen molar-refractivity contribution in [3.63, 3.8) is 0 Å². The molecular weight excluding hydrogens is 408 g/mol. The Kier molecular flexibility index (Phi) is 5.29. The number of nitrogens with two attached hydrogens (primary N) is 1. The molecule has 0 fully saturated rings. The Bertz CT molecular complexity index is 1270. The van der Waals surface area contributed by atoms with Crippen molar-refractivity contribution in [1.29, 1.82) is 0 Å². The smallest absolute Gasteiger partial charge is 0.324 e. The monoisotopic (exact) mass is 434 g/mol.